The summed E-state index contributed by atoms with van der Waals surface area (Å²) in [4.78, 5) is 21.7. The van der Waals surface area contributed by atoms with Crippen molar-refractivity contribution in [3.05, 3.63) is 64.9 Å². The number of nitrogens with zero attached hydrogens (tertiary/aromatic N) is 2. The van der Waals surface area contributed by atoms with Gasteiger partial charge in [-0.15, -0.1) is 11.3 Å². The smallest absolute Gasteiger partial charge is 0.267 e. The number of hydrogen-bond donors (Lipinski definition) is 2. The summed E-state index contributed by atoms with van der Waals surface area (Å²) in [5.74, 6) is 0.835. The fourth-order valence-corrected chi connectivity index (χ4v) is 3.69. The van der Waals surface area contributed by atoms with Gasteiger partial charge in [0.05, 0.1) is 25.4 Å². The molecule has 0 aliphatic heterocycles. The molecule has 9 heteroatoms. The molecule has 1 amide bonds. The van der Waals surface area contributed by atoms with Crippen LogP contribution in [0.4, 0.5) is 21.6 Å². The number of nitrogens with one attached hydrogen (secondary N) is 2. The second-order valence-electron chi connectivity index (χ2n) is 6.20. The lowest BCUT2D eigenvalue weighted by Gasteiger charge is -2.12. The highest BCUT2D eigenvalue weighted by atomic mass is 32.1. The van der Waals surface area contributed by atoms with Crippen LogP contribution >= 0.6 is 11.3 Å². The SMILES string of the molecule is COc1cc2ncnc(Nc3ccsc3C(=O)Nc3cccc(F)c3)c2cc1OC. The summed E-state index contributed by atoms with van der Waals surface area (Å²) in [6.45, 7) is 0. The zero-order valence-electron chi connectivity index (χ0n) is 16.1. The summed E-state index contributed by atoms with van der Waals surface area (Å²) >= 11 is 1.26. The largest absolute Gasteiger partial charge is 0.493 e. The molecular weight excluding hydrogens is 407 g/mol. The maximum absolute atomic E-state index is 13.4. The highest BCUT2D eigenvalue weighted by molar-refractivity contribution is 7.12. The molecule has 0 aliphatic carbocycles. The summed E-state index contributed by atoms with van der Waals surface area (Å²) < 4.78 is 24.1. The van der Waals surface area contributed by atoms with Gasteiger partial charge < -0.3 is 20.1 Å². The van der Waals surface area contributed by atoms with Crippen molar-refractivity contribution < 1.29 is 18.7 Å². The van der Waals surface area contributed by atoms with E-state index >= 15 is 0 Å². The van der Waals surface area contributed by atoms with E-state index in [1.807, 2.05) is 0 Å². The molecule has 0 aliphatic rings. The number of hydrogen-bond acceptors (Lipinski definition) is 7. The van der Waals surface area contributed by atoms with E-state index in [1.165, 1.54) is 35.9 Å². The Morgan fingerprint density at radius 2 is 1.87 bits per heavy atom. The van der Waals surface area contributed by atoms with E-state index in [2.05, 4.69) is 20.6 Å². The number of halogens is 1. The summed E-state index contributed by atoms with van der Waals surface area (Å²) in [7, 11) is 3.10. The van der Waals surface area contributed by atoms with E-state index in [4.69, 9.17) is 9.47 Å². The molecule has 4 rings (SSSR count). The molecule has 4 aromatic rings. The monoisotopic (exact) mass is 424 g/mol. The Kier molecular flexibility index (Phi) is 5.44. The van der Waals surface area contributed by atoms with Crippen LogP contribution in [0, 0.1) is 5.82 Å². The van der Waals surface area contributed by atoms with Crippen molar-refractivity contribution in [1.82, 2.24) is 9.97 Å². The Morgan fingerprint density at radius 1 is 1.07 bits per heavy atom. The molecule has 2 aromatic heterocycles. The van der Waals surface area contributed by atoms with Gasteiger partial charge in [0.15, 0.2) is 11.5 Å². The molecule has 2 heterocycles. The summed E-state index contributed by atoms with van der Waals surface area (Å²) in [5.41, 5.74) is 1.61. The van der Waals surface area contributed by atoms with Gasteiger partial charge in [0.25, 0.3) is 5.91 Å². The Balaban J connectivity index is 1.65. The van der Waals surface area contributed by atoms with E-state index in [0.717, 1.165) is 0 Å². The van der Waals surface area contributed by atoms with Crippen LogP contribution in [-0.2, 0) is 0 Å². The third-order valence-corrected chi connectivity index (χ3v) is 5.26. The molecule has 30 heavy (non-hydrogen) atoms. The number of carbonyl (C=O) groups excluding carboxylic acids is 1. The van der Waals surface area contributed by atoms with Gasteiger partial charge in [-0.2, -0.15) is 0 Å². The first-order chi connectivity index (χ1) is 14.6. The predicted octanol–water partition coefficient (Wildman–Crippen LogP) is 4.84. The Morgan fingerprint density at radius 3 is 2.63 bits per heavy atom. The van der Waals surface area contributed by atoms with E-state index in [1.54, 1.807) is 43.9 Å². The fourth-order valence-electron chi connectivity index (χ4n) is 2.95. The minimum atomic E-state index is -0.422. The van der Waals surface area contributed by atoms with Crippen molar-refractivity contribution in [2.45, 2.75) is 0 Å². The number of ether oxygens (including phenoxy) is 2. The molecule has 0 radical (unpaired) electrons. The van der Waals surface area contributed by atoms with Crippen LogP contribution in [-0.4, -0.2) is 30.1 Å². The molecule has 2 aromatic carbocycles. The fraction of sp³-hybridized carbons (Fsp3) is 0.0952. The number of aromatic nitrogens is 2. The van der Waals surface area contributed by atoms with Crippen LogP contribution < -0.4 is 20.1 Å². The number of fused-ring (bicyclic) bond motifs is 1. The van der Waals surface area contributed by atoms with E-state index < -0.39 is 5.82 Å². The number of methoxy groups -OCH3 is 2. The maximum Gasteiger partial charge on any atom is 0.267 e. The van der Waals surface area contributed by atoms with Gasteiger partial charge in [-0.25, -0.2) is 14.4 Å². The lowest BCUT2D eigenvalue weighted by Crippen LogP contribution is -2.12. The third kappa shape index (κ3) is 3.87. The zero-order chi connectivity index (χ0) is 21.1. The van der Waals surface area contributed by atoms with Crippen LogP contribution in [0.25, 0.3) is 10.9 Å². The van der Waals surface area contributed by atoms with Crippen LogP contribution in [0.2, 0.25) is 0 Å². The summed E-state index contributed by atoms with van der Waals surface area (Å²) in [5, 5.41) is 8.39. The average Bonchev–Trinajstić information content (AvgIpc) is 3.21. The summed E-state index contributed by atoms with van der Waals surface area (Å²) in [6.07, 6.45) is 1.43. The minimum Gasteiger partial charge on any atom is -0.493 e. The molecule has 2 N–H and O–H groups in total. The number of carbonyl (C=O) groups is 1. The van der Waals surface area contributed by atoms with Crippen molar-refractivity contribution in [3.63, 3.8) is 0 Å². The van der Waals surface area contributed by atoms with Gasteiger partial charge in [-0.05, 0) is 35.7 Å². The van der Waals surface area contributed by atoms with Gasteiger partial charge in [-0.1, -0.05) is 6.07 Å². The van der Waals surface area contributed by atoms with Crippen molar-refractivity contribution in [2.75, 3.05) is 24.9 Å². The van der Waals surface area contributed by atoms with Crippen LogP contribution in [0.5, 0.6) is 11.5 Å². The third-order valence-electron chi connectivity index (χ3n) is 4.35. The maximum atomic E-state index is 13.4. The molecule has 7 nitrogen and oxygen atoms in total. The summed E-state index contributed by atoms with van der Waals surface area (Å²) in [6, 6.07) is 11.0. The quantitative estimate of drug-likeness (QED) is 0.461. The Bertz CT molecular complexity index is 1230. The van der Waals surface area contributed by atoms with E-state index in [0.29, 0.717) is 44.5 Å². The normalized spacial score (nSPS) is 10.6. The zero-order valence-corrected chi connectivity index (χ0v) is 16.9. The van der Waals surface area contributed by atoms with Crippen molar-refractivity contribution in [2.24, 2.45) is 0 Å². The van der Waals surface area contributed by atoms with E-state index in [9.17, 15) is 9.18 Å². The molecular formula is C21H17FN4O3S. The second kappa shape index (κ2) is 8.34. The van der Waals surface area contributed by atoms with Crippen LogP contribution in [0.3, 0.4) is 0 Å². The van der Waals surface area contributed by atoms with Gasteiger partial charge in [-0.3, -0.25) is 4.79 Å². The van der Waals surface area contributed by atoms with Gasteiger partial charge >= 0.3 is 0 Å². The number of thiophene rings is 1. The molecule has 0 saturated heterocycles. The van der Waals surface area contributed by atoms with Crippen molar-refractivity contribution in [1.29, 1.82) is 0 Å². The lowest BCUT2D eigenvalue weighted by atomic mass is 10.2. The molecule has 0 saturated carbocycles. The molecule has 0 bridgehead atoms. The molecule has 0 atom stereocenters. The molecule has 0 spiro atoms. The average molecular weight is 424 g/mol. The lowest BCUT2D eigenvalue weighted by molar-refractivity contribution is 0.103. The number of benzene rings is 2. The number of rotatable bonds is 6. The van der Waals surface area contributed by atoms with Gasteiger partial charge in [0, 0.05) is 17.1 Å². The van der Waals surface area contributed by atoms with Crippen molar-refractivity contribution >= 4 is 45.3 Å². The highest BCUT2D eigenvalue weighted by Gasteiger charge is 2.17. The topological polar surface area (TPSA) is 85.4 Å². The number of anilines is 3. The first kappa shape index (κ1) is 19.6. The molecule has 152 valence electrons. The Hall–Kier alpha value is -3.72. The van der Waals surface area contributed by atoms with Gasteiger partial charge in [0.2, 0.25) is 0 Å². The first-order valence-corrected chi connectivity index (χ1v) is 9.75. The van der Waals surface area contributed by atoms with E-state index in [-0.39, 0.29) is 5.91 Å². The highest BCUT2D eigenvalue weighted by Crippen LogP contribution is 2.35. The minimum absolute atomic E-state index is 0.351. The van der Waals surface area contributed by atoms with Crippen LogP contribution in [0.15, 0.2) is 54.2 Å². The first-order valence-electron chi connectivity index (χ1n) is 8.87. The predicted molar refractivity (Wildman–Crippen MR) is 115 cm³/mol. The molecule has 0 fully saturated rings. The van der Waals surface area contributed by atoms with Crippen molar-refractivity contribution in [3.8, 4) is 11.5 Å². The second-order valence-corrected chi connectivity index (χ2v) is 7.12. The van der Waals surface area contributed by atoms with Crippen LogP contribution in [0.1, 0.15) is 9.67 Å². The standard InChI is InChI=1S/C21H17FN4O3S/c1-28-17-9-14-16(10-18(17)29-2)23-11-24-20(14)26-15-6-7-30-19(15)21(27)25-13-5-3-4-12(22)8-13/h3-11H,1-2H3,(H,25,27)(H,23,24,26). The molecule has 0 unspecified atom stereocenters. The van der Waals surface area contributed by atoms with Gasteiger partial charge in [0.1, 0.15) is 22.8 Å². The number of amides is 1. The Labute approximate surface area is 175 Å².